The van der Waals surface area contributed by atoms with Crippen molar-refractivity contribution in [3.05, 3.63) is 23.6 Å². The summed E-state index contributed by atoms with van der Waals surface area (Å²) in [5, 5.41) is 0. The van der Waals surface area contributed by atoms with Crippen LogP contribution in [0.4, 0.5) is 0 Å². The molecule has 0 spiro atoms. The van der Waals surface area contributed by atoms with Gasteiger partial charge >= 0.3 is 0 Å². The summed E-state index contributed by atoms with van der Waals surface area (Å²) in [6.07, 6.45) is 5.54. The minimum Gasteiger partial charge on any atom is -0.482 e. The monoisotopic (exact) mass is 207 g/mol. The molecule has 2 fully saturated rings. The molecule has 0 aromatic carbocycles. The van der Waals surface area contributed by atoms with E-state index in [1.807, 2.05) is 20.9 Å². The zero-order valence-corrected chi connectivity index (χ0v) is 9.49. The number of allylic oxidation sites excluding steroid dienone is 2. The van der Waals surface area contributed by atoms with Gasteiger partial charge in [-0.15, -0.1) is 0 Å². The minimum absolute atomic E-state index is 0.0440. The number of ether oxygens (including phenoxy) is 1. The number of carbonyl (C=O) groups excluding carboxylic acids is 1. The molecule has 0 bridgehead atoms. The summed E-state index contributed by atoms with van der Waals surface area (Å²) in [5.41, 5.74) is 0.968. The van der Waals surface area contributed by atoms with Crippen LogP contribution in [-0.2, 0) is 9.53 Å². The molecule has 2 aliphatic carbocycles. The highest BCUT2D eigenvalue weighted by atomic mass is 16.5. The lowest BCUT2D eigenvalue weighted by atomic mass is 10.1. The van der Waals surface area contributed by atoms with Crippen molar-refractivity contribution in [3.63, 3.8) is 0 Å². The van der Waals surface area contributed by atoms with Gasteiger partial charge in [0.15, 0.2) is 6.61 Å². The first-order chi connectivity index (χ1) is 7.25. The SMILES string of the molecule is CC.CN1C(=O)COC2=CC3CC3C=C21. The number of hydrogen-bond acceptors (Lipinski definition) is 2. The first-order valence-electron chi connectivity index (χ1n) is 5.59. The fraction of sp³-hybridized carbons (Fsp3) is 0.583. The molecule has 2 unspecified atom stereocenters. The molecule has 3 nitrogen and oxygen atoms in total. The van der Waals surface area contributed by atoms with Gasteiger partial charge in [0, 0.05) is 7.05 Å². The fourth-order valence-corrected chi connectivity index (χ4v) is 1.95. The van der Waals surface area contributed by atoms with Crippen molar-refractivity contribution in [2.24, 2.45) is 11.8 Å². The number of fused-ring (bicyclic) bond motifs is 2. The average Bonchev–Trinajstić information content (AvgIpc) is 3.02. The van der Waals surface area contributed by atoms with Gasteiger partial charge in [-0.3, -0.25) is 4.79 Å². The maximum absolute atomic E-state index is 11.3. The third-order valence-corrected chi connectivity index (χ3v) is 2.97. The molecule has 3 rings (SSSR count). The second-order valence-electron chi connectivity index (χ2n) is 3.89. The molecular formula is C12H17NO2. The van der Waals surface area contributed by atoms with Crippen molar-refractivity contribution in [1.29, 1.82) is 0 Å². The summed E-state index contributed by atoms with van der Waals surface area (Å²) < 4.78 is 5.36. The van der Waals surface area contributed by atoms with Gasteiger partial charge in [0.25, 0.3) is 5.91 Å². The molecule has 3 aliphatic rings. The molecule has 15 heavy (non-hydrogen) atoms. The zero-order valence-electron chi connectivity index (χ0n) is 9.49. The Labute approximate surface area is 90.4 Å². The number of amides is 1. The molecule has 0 aromatic rings. The van der Waals surface area contributed by atoms with Crippen LogP contribution < -0.4 is 0 Å². The largest absolute Gasteiger partial charge is 0.482 e. The van der Waals surface area contributed by atoms with Crippen LogP contribution in [0.2, 0.25) is 0 Å². The lowest BCUT2D eigenvalue weighted by Crippen LogP contribution is -2.36. The maximum atomic E-state index is 11.3. The Bertz CT molecular complexity index is 344. The normalized spacial score (nSPS) is 31.1. The van der Waals surface area contributed by atoms with Crippen LogP contribution in [0.15, 0.2) is 23.6 Å². The van der Waals surface area contributed by atoms with Crippen molar-refractivity contribution in [1.82, 2.24) is 4.90 Å². The number of morpholine rings is 1. The minimum atomic E-state index is 0.0440. The lowest BCUT2D eigenvalue weighted by molar-refractivity contribution is -0.134. The first-order valence-corrected chi connectivity index (χ1v) is 5.59. The van der Waals surface area contributed by atoms with Gasteiger partial charge in [0.05, 0.1) is 5.70 Å². The van der Waals surface area contributed by atoms with Gasteiger partial charge in [0.1, 0.15) is 5.76 Å². The number of hydrogen-bond donors (Lipinski definition) is 0. The summed E-state index contributed by atoms with van der Waals surface area (Å²) >= 11 is 0. The molecule has 3 heteroatoms. The third-order valence-electron chi connectivity index (χ3n) is 2.97. The second-order valence-corrected chi connectivity index (χ2v) is 3.89. The van der Waals surface area contributed by atoms with E-state index in [0.717, 1.165) is 11.5 Å². The van der Waals surface area contributed by atoms with Crippen molar-refractivity contribution >= 4 is 5.91 Å². The van der Waals surface area contributed by atoms with Gasteiger partial charge in [-0.05, 0) is 24.3 Å². The molecule has 82 valence electrons. The highest BCUT2D eigenvalue weighted by molar-refractivity contribution is 5.81. The van der Waals surface area contributed by atoms with E-state index < -0.39 is 0 Å². The number of nitrogens with zero attached hydrogens (tertiary/aromatic N) is 1. The lowest BCUT2D eigenvalue weighted by Gasteiger charge is -2.29. The molecule has 0 radical (unpaired) electrons. The molecule has 0 aromatic heterocycles. The molecule has 2 atom stereocenters. The van der Waals surface area contributed by atoms with Crippen molar-refractivity contribution in [2.45, 2.75) is 20.3 Å². The second kappa shape index (κ2) is 3.72. The van der Waals surface area contributed by atoms with E-state index in [4.69, 9.17) is 4.74 Å². The summed E-state index contributed by atoms with van der Waals surface area (Å²) in [7, 11) is 1.81. The van der Waals surface area contributed by atoms with E-state index >= 15 is 0 Å². The number of carbonyl (C=O) groups is 1. The van der Waals surface area contributed by atoms with Crippen LogP contribution in [-0.4, -0.2) is 24.5 Å². The average molecular weight is 207 g/mol. The van der Waals surface area contributed by atoms with E-state index in [2.05, 4.69) is 12.2 Å². The van der Waals surface area contributed by atoms with Gasteiger partial charge in [-0.1, -0.05) is 19.9 Å². The highest BCUT2D eigenvalue weighted by Crippen LogP contribution is 2.47. The molecule has 1 saturated carbocycles. The Balaban J connectivity index is 0.000000404. The molecule has 1 heterocycles. The Kier molecular flexibility index (Phi) is 2.55. The first kappa shape index (κ1) is 10.3. The van der Waals surface area contributed by atoms with Gasteiger partial charge in [-0.25, -0.2) is 0 Å². The molecule has 0 N–H and O–H groups in total. The van der Waals surface area contributed by atoms with Crippen LogP contribution in [0, 0.1) is 11.8 Å². The van der Waals surface area contributed by atoms with Crippen molar-refractivity contribution in [3.8, 4) is 0 Å². The van der Waals surface area contributed by atoms with Crippen LogP contribution in [0.3, 0.4) is 0 Å². The summed E-state index contributed by atoms with van der Waals surface area (Å²) in [6.45, 7) is 4.19. The predicted octanol–water partition coefficient (Wildman–Crippen LogP) is 1.92. The highest BCUT2D eigenvalue weighted by Gasteiger charge is 2.41. The Morgan fingerprint density at radius 3 is 2.73 bits per heavy atom. The Morgan fingerprint density at radius 2 is 2.00 bits per heavy atom. The van der Waals surface area contributed by atoms with E-state index in [-0.39, 0.29) is 12.5 Å². The van der Waals surface area contributed by atoms with E-state index in [1.165, 1.54) is 6.42 Å². The molecule has 1 aliphatic heterocycles. The Morgan fingerprint density at radius 1 is 1.33 bits per heavy atom. The maximum Gasteiger partial charge on any atom is 0.264 e. The van der Waals surface area contributed by atoms with Crippen molar-refractivity contribution in [2.75, 3.05) is 13.7 Å². The van der Waals surface area contributed by atoms with E-state index in [9.17, 15) is 4.79 Å². The predicted molar refractivity (Wildman–Crippen MR) is 57.8 cm³/mol. The summed E-state index contributed by atoms with van der Waals surface area (Å²) in [6, 6.07) is 0. The number of rotatable bonds is 0. The Hall–Kier alpha value is -1.25. The zero-order chi connectivity index (χ0) is 11.0. The standard InChI is InChI=1S/C10H11NO2.C2H6/c1-11-8-3-6-2-7(6)4-9(8)13-5-10(11)12;1-2/h3-4,6-7H,2,5H2,1H3;1-2H3. The van der Waals surface area contributed by atoms with Crippen LogP contribution in [0.25, 0.3) is 0 Å². The van der Waals surface area contributed by atoms with E-state index in [1.54, 1.807) is 4.90 Å². The van der Waals surface area contributed by atoms with E-state index in [0.29, 0.717) is 11.8 Å². The smallest absolute Gasteiger partial charge is 0.264 e. The van der Waals surface area contributed by atoms with Gasteiger partial charge in [-0.2, -0.15) is 0 Å². The van der Waals surface area contributed by atoms with Crippen LogP contribution in [0.5, 0.6) is 0 Å². The molecule has 1 saturated heterocycles. The van der Waals surface area contributed by atoms with Crippen LogP contribution >= 0.6 is 0 Å². The van der Waals surface area contributed by atoms with Gasteiger partial charge < -0.3 is 9.64 Å². The van der Waals surface area contributed by atoms with Crippen molar-refractivity contribution < 1.29 is 9.53 Å². The van der Waals surface area contributed by atoms with Crippen LogP contribution in [0.1, 0.15) is 20.3 Å². The third kappa shape index (κ3) is 1.66. The number of likely N-dealkylation sites (N-methyl/N-ethyl adjacent to an activating group) is 1. The molecular weight excluding hydrogens is 190 g/mol. The quantitative estimate of drug-likeness (QED) is 0.607. The fourth-order valence-electron chi connectivity index (χ4n) is 1.95. The van der Waals surface area contributed by atoms with Gasteiger partial charge in [0.2, 0.25) is 0 Å². The summed E-state index contributed by atoms with van der Waals surface area (Å²) in [5.74, 6) is 2.29. The molecule has 1 amide bonds. The summed E-state index contributed by atoms with van der Waals surface area (Å²) in [4.78, 5) is 13.0. The topological polar surface area (TPSA) is 29.5 Å².